The third kappa shape index (κ3) is 3.82. The van der Waals surface area contributed by atoms with Crippen molar-refractivity contribution in [3.05, 3.63) is 90.0 Å². The summed E-state index contributed by atoms with van der Waals surface area (Å²) >= 11 is 0. The van der Waals surface area contributed by atoms with E-state index < -0.39 is 11.9 Å². The van der Waals surface area contributed by atoms with E-state index in [1.54, 1.807) is 35.0 Å². The number of hydrogen-bond acceptors (Lipinski definition) is 4. The smallest absolute Gasteiger partial charge is 0.354 e. The molecular formula is C23H19FN2O4. The Hall–Kier alpha value is -3.87. The van der Waals surface area contributed by atoms with E-state index in [0.717, 1.165) is 11.3 Å². The lowest BCUT2D eigenvalue weighted by Crippen LogP contribution is -2.18. The van der Waals surface area contributed by atoms with Gasteiger partial charge in [-0.1, -0.05) is 30.3 Å². The van der Waals surface area contributed by atoms with E-state index in [-0.39, 0.29) is 24.7 Å². The van der Waals surface area contributed by atoms with Crippen LogP contribution in [0.3, 0.4) is 0 Å². The van der Waals surface area contributed by atoms with E-state index >= 15 is 0 Å². The molecule has 2 aromatic heterocycles. The first kappa shape index (κ1) is 19.4. The molecule has 4 rings (SSSR count). The molecule has 0 saturated heterocycles. The van der Waals surface area contributed by atoms with Gasteiger partial charge in [-0.3, -0.25) is 4.79 Å². The summed E-state index contributed by atoms with van der Waals surface area (Å²) in [6, 6.07) is 18.8. The molecule has 2 heterocycles. The number of methoxy groups -OCH3 is 1. The van der Waals surface area contributed by atoms with E-state index in [2.05, 4.69) is 0 Å². The van der Waals surface area contributed by atoms with E-state index in [0.29, 0.717) is 11.0 Å². The molecule has 0 atom stereocenters. The number of halogens is 1. The number of rotatable bonds is 6. The number of fused-ring (bicyclic) bond motifs is 1. The van der Waals surface area contributed by atoms with Gasteiger partial charge in [0.25, 0.3) is 0 Å². The van der Waals surface area contributed by atoms with Gasteiger partial charge in [0.1, 0.15) is 24.7 Å². The average Bonchev–Trinajstić information content (AvgIpc) is 3.33. The predicted octanol–water partition coefficient (Wildman–Crippen LogP) is 4.10. The first-order valence-electron chi connectivity index (χ1n) is 9.31. The lowest BCUT2D eigenvalue weighted by molar-refractivity contribution is -0.145. The third-order valence-corrected chi connectivity index (χ3v) is 4.79. The highest BCUT2D eigenvalue weighted by Crippen LogP contribution is 2.25. The van der Waals surface area contributed by atoms with Gasteiger partial charge in [0.2, 0.25) is 0 Å². The van der Waals surface area contributed by atoms with Crippen molar-refractivity contribution in [2.75, 3.05) is 7.11 Å². The van der Waals surface area contributed by atoms with Crippen LogP contribution in [0, 0.1) is 5.82 Å². The fourth-order valence-electron chi connectivity index (χ4n) is 3.33. The van der Waals surface area contributed by atoms with Gasteiger partial charge >= 0.3 is 11.9 Å². The van der Waals surface area contributed by atoms with Gasteiger partial charge in [-0.05, 0) is 42.0 Å². The molecule has 0 amide bonds. The van der Waals surface area contributed by atoms with Gasteiger partial charge in [-0.15, -0.1) is 0 Å². The molecule has 0 aliphatic carbocycles. The second kappa shape index (κ2) is 8.24. The Morgan fingerprint density at radius 1 is 0.967 bits per heavy atom. The molecule has 4 aromatic rings. The molecule has 2 aromatic carbocycles. The van der Waals surface area contributed by atoms with Crippen LogP contribution in [0.4, 0.5) is 4.39 Å². The van der Waals surface area contributed by atoms with Gasteiger partial charge in [0.15, 0.2) is 0 Å². The number of aromatic nitrogens is 2. The van der Waals surface area contributed by atoms with Gasteiger partial charge in [-0.25, -0.2) is 9.18 Å². The second-order valence-electron chi connectivity index (χ2n) is 6.69. The Labute approximate surface area is 172 Å². The Kier molecular flexibility index (Phi) is 5.34. The largest absolute Gasteiger partial charge is 0.464 e. The van der Waals surface area contributed by atoms with Crippen molar-refractivity contribution >= 4 is 23.0 Å². The monoisotopic (exact) mass is 406 g/mol. The summed E-state index contributed by atoms with van der Waals surface area (Å²) in [5.74, 6) is -1.38. The van der Waals surface area contributed by atoms with Crippen LogP contribution in [0.15, 0.2) is 72.9 Å². The summed E-state index contributed by atoms with van der Waals surface area (Å²) in [5, 5.41) is 0. The highest BCUT2D eigenvalue weighted by Gasteiger charge is 2.21. The van der Waals surface area contributed by atoms with E-state index in [1.807, 2.05) is 34.9 Å². The average molecular weight is 406 g/mol. The van der Waals surface area contributed by atoms with Gasteiger partial charge < -0.3 is 18.6 Å². The molecule has 0 radical (unpaired) electrons. The zero-order valence-electron chi connectivity index (χ0n) is 16.2. The van der Waals surface area contributed by atoms with Crippen molar-refractivity contribution in [3.63, 3.8) is 0 Å². The fourth-order valence-corrected chi connectivity index (χ4v) is 3.33. The summed E-state index contributed by atoms with van der Waals surface area (Å²) in [5.41, 5.74) is 3.19. The Morgan fingerprint density at radius 3 is 2.40 bits per heavy atom. The minimum absolute atomic E-state index is 0.145. The molecule has 0 spiro atoms. The maximum Gasteiger partial charge on any atom is 0.354 e. The number of benzene rings is 2. The Morgan fingerprint density at radius 2 is 1.70 bits per heavy atom. The van der Waals surface area contributed by atoms with Crippen molar-refractivity contribution in [2.45, 2.75) is 13.2 Å². The zero-order valence-corrected chi connectivity index (χ0v) is 16.2. The number of ether oxygens (including phenoxy) is 2. The highest BCUT2D eigenvalue weighted by molar-refractivity contribution is 5.96. The minimum Gasteiger partial charge on any atom is -0.464 e. The van der Waals surface area contributed by atoms with Crippen molar-refractivity contribution < 1.29 is 23.5 Å². The van der Waals surface area contributed by atoms with Gasteiger partial charge in [0, 0.05) is 11.9 Å². The molecule has 0 saturated carbocycles. The van der Waals surface area contributed by atoms with Crippen LogP contribution >= 0.6 is 0 Å². The first-order chi connectivity index (χ1) is 14.6. The summed E-state index contributed by atoms with van der Waals surface area (Å²) in [7, 11) is 1.28. The van der Waals surface area contributed by atoms with E-state index in [9.17, 15) is 14.0 Å². The molecule has 152 valence electrons. The fraction of sp³-hybridized carbons (Fsp3) is 0.130. The number of carbonyl (C=O) groups is 2. The number of carbonyl (C=O) groups excluding carboxylic acids is 2. The van der Waals surface area contributed by atoms with Crippen molar-refractivity contribution in [3.8, 4) is 5.69 Å². The molecule has 6 nitrogen and oxygen atoms in total. The minimum atomic E-state index is -0.562. The maximum atomic E-state index is 13.3. The van der Waals surface area contributed by atoms with Crippen LogP contribution in [0.1, 0.15) is 16.1 Å². The molecule has 0 N–H and O–H groups in total. The van der Waals surface area contributed by atoms with Crippen molar-refractivity contribution in [2.24, 2.45) is 0 Å². The predicted molar refractivity (Wildman–Crippen MR) is 109 cm³/mol. The van der Waals surface area contributed by atoms with Crippen LogP contribution in [0.25, 0.3) is 16.7 Å². The Balaban J connectivity index is 1.64. The van der Waals surface area contributed by atoms with Crippen LogP contribution < -0.4 is 0 Å². The van der Waals surface area contributed by atoms with Crippen LogP contribution in [0.2, 0.25) is 0 Å². The summed E-state index contributed by atoms with van der Waals surface area (Å²) < 4.78 is 26.9. The van der Waals surface area contributed by atoms with Crippen LogP contribution in [-0.4, -0.2) is 28.2 Å². The third-order valence-electron chi connectivity index (χ3n) is 4.79. The topological polar surface area (TPSA) is 62.5 Å². The summed E-state index contributed by atoms with van der Waals surface area (Å²) in [6.45, 7) is 0.00241. The highest BCUT2D eigenvalue weighted by atomic mass is 19.1. The lowest BCUT2D eigenvalue weighted by Gasteiger charge is -2.09. The number of hydrogen-bond donors (Lipinski definition) is 0. The molecule has 0 bridgehead atoms. The van der Waals surface area contributed by atoms with E-state index in [4.69, 9.17) is 9.47 Å². The lowest BCUT2D eigenvalue weighted by atomic mass is 10.2. The molecule has 0 aliphatic rings. The molecule has 0 unspecified atom stereocenters. The standard InChI is InChI=1S/C23H19FN2O4/c1-29-23(28)21-13-20-19(11-12-25(20)18-9-7-17(24)8-10-18)26(21)14-22(27)30-15-16-5-3-2-4-6-16/h2-13H,14-15H2,1H3. The SMILES string of the molecule is COC(=O)c1cc2c(ccn2-c2ccc(F)cc2)n1CC(=O)OCc1ccccc1. The second-order valence-corrected chi connectivity index (χ2v) is 6.69. The summed E-state index contributed by atoms with van der Waals surface area (Å²) in [4.78, 5) is 24.8. The first-order valence-corrected chi connectivity index (χ1v) is 9.31. The Bertz CT molecular complexity index is 1190. The van der Waals surface area contributed by atoms with Crippen LogP contribution in [0.5, 0.6) is 0 Å². The number of esters is 2. The molecular weight excluding hydrogens is 387 g/mol. The molecule has 7 heteroatoms. The van der Waals surface area contributed by atoms with Gasteiger partial charge in [0.05, 0.1) is 18.1 Å². The number of nitrogens with zero attached hydrogens (tertiary/aromatic N) is 2. The van der Waals surface area contributed by atoms with Crippen LogP contribution in [-0.2, 0) is 27.4 Å². The van der Waals surface area contributed by atoms with E-state index in [1.165, 1.54) is 19.2 Å². The zero-order chi connectivity index (χ0) is 21.1. The normalized spacial score (nSPS) is 10.9. The summed E-state index contributed by atoms with van der Waals surface area (Å²) in [6.07, 6.45) is 1.80. The van der Waals surface area contributed by atoms with Crippen molar-refractivity contribution in [1.29, 1.82) is 0 Å². The maximum absolute atomic E-state index is 13.3. The quantitative estimate of drug-likeness (QED) is 0.452. The molecule has 30 heavy (non-hydrogen) atoms. The van der Waals surface area contributed by atoms with Gasteiger partial charge in [-0.2, -0.15) is 0 Å². The molecule has 0 fully saturated rings. The van der Waals surface area contributed by atoms with Crippen molar-refractivity contribution in [1.82, 2.24) is 9.13 Å². The molecule has 0 aliphatic heterocycles.